The zero-order valence-corrected chi connectivity index (χ0v) is 13.2. The van der Waals surface area contributed by atoms with E-state index in [1.54, 1.807) is 17.0 Å². The second-order valence-electron chi connectivity index (χ2n) is 4.85. The van der Waals surface area contributed by atoms with Crippen LogP contribution in [0.5, 0.6) is 11.5 Å². The topological polar surface area (TPSA) is 64.8 Å². The third-order valence-electron chi connectivity index (χ3n) is 3.42. The van der Waals surface area contributed by atoms with Gasteiger partial charge in [0.25, 0.3) is 5.91 Å². The number of piperidine rings is 1. The molecule has 110 valence electrons. The molecule has 1 fully saturated rings. The predicted molar refractivity (Wildman–Crippen MR) is 80.6 cm³/mol. The first-order valence-electron chi connectivity index (χ1n) is 6.29. The molecule has 20 heavy (non-hydrogen) atoms. The van der Waals surface area contributed by atoms with Crippen molar-refractivity contribution in [2.45, 2.75) is 18.9 Å². The summed E-state index contributed by atoms with van der Waals surface area (Å²) in [5.74, 6) is 1.26. The van der Waals surface area contributed by atoms with Crippen molar-refractivity contribution in [3.8, 4) is 11.5 Å². The monoisotopic (exact) mass is 362 g/mol. The molecule has 5 nitrogen and oxygen atoms in total. The average molecular weight is 364 g/mol. The molecule has 1 amide bonds. The van der Waals surface area contributed by atoms with Crippen LogP contribution in [-0.4, -0.2) is 36.7 Å². The molecule has 1 unspecified atom stereocenters. The minimum absolute atomic E-state index is 0. The minimum Gasteiger partial charge on any atom is -0.454 e. The van der Waals surface area contributed by atoms with Crippen LogP contribution in [0.25, 0.3) is 0 Å². The molecule has 0 bridgehead atoms. The van der Waals surface area contributed by atoms with Gasteiger partial charge in [-0.3, -0.25) is 4.79 Å². The predicted octanol–water partition coefficient (Wildman–Crippen LogP) is 2.16. The van der Waals surface area contributed by atoms with Gasteiger partial charge in [-0.1, -0.05) is 0 Å². The van der Waals surface area contributed by atoms with E-state index in [-0.39, 0.29) is 31.1 Å². The summed E-state index contributed by atoms with van der Waals surface area (Å²) >= 11 is 3.40. The third kappa shape index (κ3) is 2.87. The Morgan fingerprint density at radius 1 is 1.40 bits per heavy atom. The summed E-state index contributed by atoms with van der Waals surface area (Å²) in [6, 6.07) is 3.58. The van der Waals surface area contributed by atoms with Crippen molar-refractivity contribution < 1.29 is 14.3 Å². The SMILES string of the molecule is Cl.NC1CCCN(C(=O)c2cc(Br)c3c(c2)OCO3)C1. The van der Waals surface area contributed by atoms with Gasteiger partial charge in [0.2, 0.25) is 6.79 Å². The Balaban J connectivity index is 0.00000147. The van der Waals surface area contributed by atoms with E-state index in [4.69, 9.17) is 15.2 Å². The molecule has 0 spiro atoms. The lowest BCUT2D eigenvalue weighted by Gasteiger charge is -2.30. The van der Waals surface area contributed by atoms with Gasteiger partial charge < -0.3 is 20.1 Å². The number of amides is 1. The Morgan fingerprint density at radius 3 is 2.95 bits per heavy atom. The van der Waals surface area contributed by atoms with E-state index >= 15 is 0 Å². The number of fused-ring (bicyclic) bond motifs is 1. The largest absolute Gasteiger partial charge is 0.454 e. The van der Waals surface area contributed by atoms with Crippen LogP contribution in [-0.2, 0) is 0 Å². The Labute approximate surface area is 131 Å². The molecular formula is C13H16BrClN2O3. The Bertz CT molecular complexity index is 527. The van der Waals surface area contributed by atoms with Gasteiger partial charge in [0.05, 0.1) is 4.47 Å². The third-order valence-corrected chi connectivity index (χ3v) is 4.01. The van der Waals surface area contributed by atoms with E-state index in [9.17, 15) is 4.79 Å². The second-order valence-corrected chi connectivity index (χ2v) is 5.70. The van der Waals surface area contributed by atoms with Crippen LogP contribution < -0.4 is 15.2 Å². The molecule has 2 aliphatic heterocycles. The highest BCUT2D eigenvalue weighted by atomic mass is 79.9. The Kier molecular flexibility index (Phi) is 4.78. The molecule has 1 atom stereocenters. The number of hydrogen-bond acceptors (Lipinski definition) is 4. The summed E-state index contributed by atoms with van der Waals surface area (Å²) in [5.41, 5.74) is 6.52. The smallest absolute Gasteiger partial charge is 0.254 e. The zero-order valence-electron chi connectivity index (χ0n) is 10.8. The summed E-state index contributed by atoms with van der Waals surface area (Å²) in [4.78, 5) is 14.3. The molecule has 1 saturated heterocycles. The first kappa shape index (κ1) is 15.4. The van der Waals surface area contributed by atoms with Crippen molar-refractivity contribution in [3.63, 3.8) is 0 Å². The lowest BCUT2D eigenvalue weighted by molar-refractivity contribution is 0.0708. The summed E-state index contributed by atoms with van der Waals surface area (Å²) in [6.07, 6.45) is 1.94. The minimum atomic E-state index is -0.00542. The highest BCUT2D eigenvalue weighted by molar-refractivity contribution is 9.10. The zero-order chi connectivity index (χ0) is 13.4. The van der Waals surface area contributed by atoms with E-state index in [0.717, 1.165) is 23.9 Å². The molecule has 2 N–H and O–H groups in total. The fraction of sp³-hybridized carbons (Fsp3) is 0.462. The molecule has 0 aliphatic carbocycles. The summed E-state index contributed by atoms with van der Waals surface area (Å²) in [6.45, 7) is 1.57. The molecule has 1 aromatic rings. The number of carbonyl (C=O) groups excluding carboxylic acids is 1. The number of halogens is 2. The molecule has 0 aromatic heterocycles. The molecule has 0 saturated carbocycles. The number of benzene rings is 1. The fourth-order valence-electron chi connectivity index (χ4n) is 2.47. The van der Waals surface area contributed by atoms with Crippen molar-refractivity contribution in [3.05, 3.63) is 22.2 Å². The maximum atomic E-state index is 12.5. The highest BCUT2D eigenvalue weighted by Crippen LogP contribution is 2.40. The van der Waals surface area contributed by atoms with Crippen LogP contribution in [0.3, 0.4) is 0 Å². The maximum Gasteiger partial charge on any atom is 0.254 e. The van der Waals surface area contributed by atoms with Crippen molar-refractivity contribution in [2.75, 3.05) is 19.9 Å². The van der Waals surface area contributed by atoms with Crippen LogP contribution in [0.1, 0.15) is 23.2 Å². The van der Waals surface area contributed by atoms with E-state index in [1.807, 2.05) is 0 Å². The Hall–Kier alpha value is -0.980. The molecule has 0 radical (unpaired) electrons. The van der Waals surface area contributed by atoms with Crippen LogP contribution in [0.4, 0.5) is 0 Å². The molecular weight excluding hydrogens is 348 g/mol. The van der Waals surface area contributed by atoms with Gasteiger partial charge in [-0.25, -0.2) is 0 Å². The molecule has 1 aromatic carbocycles. The van der Waals surface area contributed by atoms with E-state index in [0.29, 0.717) is 23.6 Å². The quantitative estimate of drug-likeness (QED) is 0.830. The van der Waals surface area contributed by atoms with Crippen molar-refractivity contribution in [2.24, 2.45) is 5.73 Å². The van der Waals surface area contributed by atoms with Gasteiger partial charge >= 0.3 is 0 Å². The van der Waals surface area contributed by atoms with Crippen molar-refractivity contribution in [1.82, 2.24) is 4.90 Å². The van der Waals surface area contributed by atoms with Crippen LogP contribution in [0, 0.1) is 0 Å². The second kappa shape index (κ2) is 6.20. The van der Waals surface area contributed by atoms with E-state index < -0.39 is 0 Å². The molecule has 7 heteroatoms. The number of likely N-dealkylation sites (tertiary alicyclic amines) is 1. The van der Waals surface area contributed by atoms with Gasteiger partial charge in [-0.05, 0) is 40.9 Å². The highest BCUT2D eigenvalue weighted by Gasteiger charge is 2.25. The number of hydrogen-bond donors (Lipinski definition) is 1. The average Bonchev–Trinajstić information content (AvgIpc) is 2.86. The first-order chi connectivity index (χ1) is 9.15. The summed E-state index contributed by atoms with van der Waals surface area (Å²) in [7, 11) is 0. The molecule has 3 rings (SSSR count). The van der Waals surface area contributed by atoms with Gasteiger partial charge in [0.15, 0.2) is 11.5 Å². The number of nitrogens with two attached hydrogens (primary N) is 1. The van der Waals surface area contributed by atoms with E-state index in [2.05, 4.69) is 15.9 Å². The van der Waals surface area contributed by atoms with Crippen molar-refractivity contribution >= 4 is 34.2 Å². The number of nitrogens with zero attached hydrogens (tertiary/aromatic N) is 1. The summed E-state index contributed by atoms with van der Waals surface area (Å²) in [5, 5.41) is 0. The first-order valence-corrected chi connectivity index (χ1v) is 7.08. The van der Waals surface area contributed by atoms with Gasteiger partial charge in [-0.15, -0.1) is 12.4 Å². The summed E-state index contributed by atoms with van der Waals surface area (Å²) < 4.78 is 11.4. The molecule has 2 heterocycles. The Morgan fingerprint density at radius 2 is 2.20 bits per heavy atom. The lowest BCUT2D eigenvalue weighted by atomic mass is 10.1. The van der Waals surface area contributed by atoms with Gasteiger partial charge in [0, 0.05) is 24.7 Å². The standard InChI is InChI=1S/C13H15BrN2O3.ClH/c14-10-4-8(5-11-12(10)19-7-18-11)13(17)16-3-1-2-9(15)6-16;/h4-5,9H,1-3,6-7,15H2;1H. The van der Waals surface area contributed by atoms with Crippen LogP contribution in [0.2, 0.25) is 0 Å². The van der Waals surface area contributed by atoms with Crippen LogP contribution in [0.15, 0.2) is 16.6 Å². The van der Waals surface area contributed by atoms with Gasteiger partial charge in [-0.2, -0.15) is 0 Å². The number of carbonyl (C=O) groups is 1. The lowest BCUT2D eigenvalue weighted by Crippen LogP contribution is -2.45. The van der Waals surface area contributed by atoms with E-state index in [1.165, 1.54) is 0 Å². The number of rotatable bonds is 1. The van der Waals surface area contributed by atoms with Crippen molar-refractivity contribution in [1.29, 1.82) is 0 Å². The fourth-order valence-corrected chi connectivity index (χ4v) is 3.02. The van der Waals surface area contributed by atoms with Gasteiger partial charge in [0.1, 0.15) is 0 Å². The normalized spacial score (nSPS) is 20.5. The van der Waals surface area contributed by atoms with Crippen LogP contribution >= 0.6 is 28.3 Å². The molecule has 2 aliphatic rings. The number of ether oxygens (including phenoxy) is 2. The maximum absolute atomic E-state index is 12.5.